The van der Waals surface area contributed by atoms with E-state index < -0.39 is 0 Å². The normalized spacial score (nSPS) is 17.7. The molecular formula is C21H24N2OS. The molecule has 0 fully saturated rings. The van der Waals surface area contributed by atoms with Crippen molar-refractivity contribution in [1.29, 1.82) is 0 Å². The average Bonchev–Trinajstić information content (AvgIpc) is 3.08. The van der Waals surface area contributed by atoms with Crippen LogP contribution in [0.15, 0.2) is 24.3 Å². The molecule has 4 rings (SSSR count). The van der Waals surface area contributed by atoms with Gasteiger partial charge < -0.3 is 0 Å². The number of hydrogen-bond donors (Lipinski definition) is 0. The van der Waals surface area contributed by atoms with Crippen LogP contribution in [0.5, 0.6) is 0 Å². The quantitative estimate of drug-likeness (QED) is 0.587. The van der Waals surface area contributed by atoms with E-state index in [1.54, 1.807) is 11.3 Å². The topological polar surface area (TPSA) is 34.4 Å². The molecule has 0 bridgehead atoms. The lowest BCUT2D eigenvalue weighted by Crippen LogP contribution is -2.12. The Bertz CT molecular complexity index is 941. The minimum atomic E-state index is 0.121. The molecular weight excluding hydrogens is 328 g/mol. The van der Waals surface area contributed by atoms with E-state index in [2.05, 4.69) is 56.4 Å². The molecule has 3 nitrogen and oxygen atoms in total. The highest BCUT2D eigenvalue weighted by molar-refractivity contribution is 7.17. The smallest absolute Gasteiger partial charge is 0.195 e. The van der Waals surface area contributed by atoms with Crippen molar-refractivity contribution in [3.63, 3.8) is 0 Å². The third-order valence-electron chi connectivity index (χ3n) is 5.23. The first-order chi connectivity index (χ1) is 11.9. The van der Waals surface area contributed by atoms with Crippen LogP contribution in [0.3, 0.4) is 0 Å². The number of carbonyl (C=O) groups is 1. The minimum absolute atomic E-state index is 0.121. The van der Waals surface area contributed by atoms with Crippen molar-refractivity contribution < 1.29 is 4.79 Å². The summed E-state index contributed by atoms with van der Waals surface area (Å²) >= 11 is 1.75. The summed E-state index contributed by atoms with van der Waals surface area (Å²) < 4.78 is 2.10. The minimum Gasteiger partial charge on any atom is -0.296 e. The Morgan fingerprint density at radius 1 is 1.24 bits per heavy atom. The zero-order chi connectivity index (χ0) is 17.8. The summed E-state index contributed by atoms with van der Waals surface area (Å²) in [4.78, 5) is 19.1. The van der Waals surface area contributed by atoms with E-state index in [1.165, 1.54) is 22.6 Å². The molecule has 1 unspecified atom stereocenters. The van der Waals surface area contributed by atoms with Crippen molar-refractivity contribution in [1.82, 2.24) is 9.38 Å². The predicted molar refractivity (Wildman–Crippen MR) is 104 cm³/mol. The molecule has 1 aliphatic carbocycles. The average molecular weight is 353 g/mol. The van der Waals surface area contributed by atoms with Gasteiger partial charge in [-0.1, -0.05) is 52.0 Å². The predicted octanol–water partition coefficient (Wildman–Crippen LogP) is 5.30. The van der Waals surface area contributed by atoms with Crippen LogP contribution >= 0.6 is 11.3 Å². The molecule has 1 atom stereocenters. The summed E-state index contributed by atoms with van der Waals surface area (Å²) in [5, 5.41) is 0. The Labute approximate surface area is 152 Å². The van der Waals surface area contributed by atoms with Crippen molar-refractivity contribution in [2.75, 3.05) is 0 Å². The Hall–Kier alpha value is -1.94. The summed E-state index contributed by atoms with van der Waals surface area (Å²) in [5.41, 5.74) is 5.23. The van der Waals surface area contributed by atoms with E-state index in [9.17, 15) is 4.79 Å². The van der Waals surface area contributed by atoms with E-state index in [4.69, 9.17) is 4.98 Å². The van der Waals surface area contributed by atoms with Crippen molar-refractivity contribution >= 4 is 22.6 Å². The molecule has 4 heteroatoms. The molecule has 25 heavy (non-hydrogen) atoms. The summed E-state index contributed by atoms with van der Waals surface area (Å²) in [6.45, 7) is 8.92. The number of aryl methyl sites for hydroxylation is 1. The highest BCUT2D eigenvalue weighted by Gasteiger charge is 2.25. The van der Waals surface area contributed by atoms with Gasteiger partial charge in [-0.05, 0) is 36.2 Å². The Morgan fingerprint density at radius 2 is 1.96 bits per heavy atom. The van der Waals surface area contributed by atoms with E-state index in [1.807, 2.05) is 0 Å². The van der Waals surface area contributed by atoms with Gasteiger partial charge in [0.15, 0.2) is 11.2 Å². The number of nitrogens with zero attached hydrogens (tertiary/aromatic N) is 2. The van der Waals surface area contributed by atoms with Crippen LogP contribution in [0, 0.1) is 5.92 Å². The molecule has 2 heterocycles. The number of fused-ring (bicyclic) bond motifs is 3. The van der Waals surface area contributed by atoms with Gasteiger partial charge in [-0.2, -0.15) is 0 Å². The van der Waals surface area contributed by atoms with Gasteiger partial charge in [0.1, 0.15) is 11.4 Å². The van der Waals surface area contributed by atoms with Crippen molar-refractivity contribution in [2.24, 2.45) is 5.92 Å². The molecule has 130 valence electrons. The first-order valence-corrected chi connectivity index (χ1v) is 9.79. The summed E-state index contributed by atoms with van der Waals surface area (Å²) in [6, 6.07) is 8.48. The van der Waals surface area contributed by atoms with Crippen molar-refractivity contribution in [2.45, 2.75) is 52.4 Å². The maximum Gasteiger partial charge on any atom is 0.195 e. The van der Waals surface area contributed by atoms with E-state index in [0.29, 0.717) is 5.69 Å². The standard InChI is InChI=1S/C21H24N2OS/c1-13-5-10-16-18(11-13)25-20-22-19(17(12-24)23(16)20)14-6-8-15(9-7-14)21(2,3)4/h6-9,12-13H,5,10-11H2,1-4H3. The van der Waals surface area contributed by atoms with Gasteiger partial charge in [0.25, 0.3) is 0 Å². The fourth-order valence-electron chi connectivity index (χ4n) is 3.70. The summed E-state index contributed by atoms with van der Waals surface area (Å²) in [7, 11) is 0. The SMILES string of the molecule is CC1CCc2c(sc3nc(-c4ccc(C(C)(C)C)cc4)c(C=O)n23)C1. The fourth-order valence-corrected chi connectivity index (χ4v) is 5.03. The number of aromatic nitrogens is 2. The van der Waals surface area contributed by atoms with Crippen LogP contribution in [0.2, 0.25) is 0 Å². The third-order valence-corrected chi connectivity index (χ3v) is 6.34. The molecule has 0 spiro atoms. The number of benzene rings is 1. The van der Waals surface area contributed by atoms with Crippen LogP contribution < -0.4 is 0 Å². The van der Waals surface area contributed by atoms with Crippen molar-refractivity contribution in [3.8, 4) is 11.3 Å². The van der Waals surface area contributed by atoms with E-state index >= 15 is 0 Å². The molecule has 0 saturated carbocycles. The van der Waals surface area contributed by atoms with Gasteiger partial charge in [0, 0.05) is 16.1 Å². The molecule has 0 aliphatic heterocycles. The number of thiazole rings is 1. The molecule has 2 aromatic heterocycles. The first-order valence-electron chi connectivity index (χ1n) is 8.97. The largest absolute Gasteiger partial charge is 0.296 e. The Morgan fingerprint density at radius 3 is 2.60 bits per heavy atom. The fraction of sp³-hybridized carbons (Fsp3) is 0.429. The molecule has 3 aromatic rings. The van der Waals surface area contributed by atoms with Gasteiger partial charge >= 0.3 is 0 Å². The third kappa shape index (κ3) is 2.73. The maximum atomic E-state index is 11.9. The van der Waals surface area contributed by atoms with Crippen LogP contribution in [-0.4, -0.2) is 15.7 Å². The zero-order valence-electron chi connectivity index (χ0n) is 15.3. The van der Waals surface area contributed by atoms with Gasteiger partial charge in [-0.25, -0.2) is 4.98 Å². The van der Waals surface area contributed by atoms with Crippen LogP contribution in [-0.2, 0) is 18.3 Å². The number of carbonyl (C=O) groups excluding carboxylic acids is 1. The second kappa shape index (κ2) is 5.80. The van der Waals surface area contributed by atoms with Crippen LogP contribution in [0.4, 0.5) is 0 Å². The Kier molecular flexibility index (Phi) is 3.84. The molecule has 0 amide bonds. The molecule has 0 radical (unpaired) electrons. The summed E-state index contributed by atoms with van der Waals surface area (Å²) in [5.74, 6) is 0.722. The van der Waals surface area contributed by atoms with Crippen molar-refractivity contribution in [3.05, 3.63) is 46.1 Å². The lowest BCUT2D eigenvalue weighted by atomic mass is 9.86. The molecule has 1 aliphatic rings. The van der Waals surface area contributed by atoms with E-state index in [0.717, 1.165) is 41.3 Å². The second-order valence-corrected chi connectivity index (χ2v) is 9.29. The number of rotatable bonds is 2. The monoisotopic (exact) mass is 352 g/mol. The number of hydrogen-bond acceptors (Lipinski definition) is 3. The highest BCUT2D eigenvalue weighted by Crippen LogP contribution is 2.36. The lowest BCUT2D eigenvalue weighted by Gasteiger charge is -2.19. The molecule has 0 saturated heterocycles. The van der Waals surface area contributed by atoms with Gasteiger partial charge in [0.05, 0.1) is 0 Å². The highest BCUT2D eigenvalue weighted by atomic mass is 32.1. The van der Waals surface area contributed by atoms with Gasteiger partial charge in [-0.15, -0.1) is 11.3 Å². The molecule has 1 aromatic carbocycles. The zero-order valence-corrected chi connectivity index (χ0v) is 16.1. The first kappa shape index (κ1) is 16.5. The van der Waals surface area contributed by atoms with Crippen LogP contribution in [0.1, 0.15) is 60.7 Å². The second-order valence-electron chi connectivity index (χ2n) is 8.23. The molecule has 0 N–H and O–H groups in total. The maximum absolute atomic E-state index is 11.9. The summed E-state index contributed by atoms with van der Waals surface area (Å²) in [6.07, 6.45) is 4.30. The van der Waals surface area contributed by atoms with Gasteiger partial charge in [-0.3, -0.25) is 9.20 Å². The number of aldehydes is 1. The Balaban J connectivity index is 1.83. The van der Waals surface area contributed by atoms with Gasteiger partial charge in [0.2, 0.25) is 0 Å². The van der Waals surface area contributed by atoms with Crippen LogP contribution in [0.25, 0.3) is 16.2 Å². The van der Waals surface area contributed by atoms with E-state index in [-0.39, 0.29) is 5.41 Å². The number of imidazole rings is 1. The lowest BCUT2D eigenvalue weighted by molar-refractivity contribution is 0.111.